The molecule has 7 aliphatic rings. The Balaban J connectivity index is 1.11. The van der Waals surface area contributed by atoms with Crippen molar-refractivity contribution in [3.63, 3.8) is 0 Å². The van der Waals surface area contributed by atoms with E-state index in [9.17, 15) is 35.4 Å². The van der Waals surface area contributed by atoms with Gasteiger partial charge < -0.3 is 66.0 Å². The summed E-state index contributed by atoms with van der Waals surface area (Å²) in [4.78, 5) is 13.2. The summed E-state index contributed by atoms with van der Waals surface area (Å²) in [5.74, 6) is 0.144. The van der Waals surface area contributed by atoms with E-state index in [1.54, 1.807) is 7.11 Å². The molecule has 4 saturated carbocycles. The zero-order chi connectivity index (χ0) is 41.2. The third-order valence-corrected chi connectivity index (χ3v) is 17.0. The summed E-state index contributed by atoms with van der Waals surface area (Å²) in [6, 6.07) is -0.0264. The van der Waals surface area contributed by atoms with Gasteiger partial charge in [0.25, 0.3) is 0 Å². The van der Waals surface area contributed by atoms with Crippen LogP contribution in [0.5, 0.6) is 0 Å². The normalized spacial score (nSPS) is 48.6. The molecule has 10 N–H and O–H groups in total. The molecule has 19 atom stereocenters. The maximum absolute atomic E-state index is 13.2. The van der Waals surface area contributed by atoms with E-state index < -0.39 is 48.7 Å². The van der Waals surface area contributed by atoms with Crippen LogP contribution in [0.1, 0.15) is 122 Å². The van der Waals surface area contributed by atoms with Crippen LogP contribution in [0.25, 0.3) is 0 Å². The first-order valence-electron chi connectivity index (χ1n) is 23.1. The molecule has 4 aliphatic carbocycles. The maximum Gasteiger partial charge on any atom is 0.304 e. The Labute approximate surface area is 345 Å². The number of ether oxygens (including phenoxy) is 4. The van der Waals surface area contributed by atoms with Crippen LogP contribution in [-0.4, -0.2) is 137 Å². The van der Waals surface area contributed by atoms with E-state index in [0.717, 1.165) is 77.2 Å². The van der Waals surface area contributed by atoms with Crippen LogP contribution >= 0.6 is 0 Å². The van der Waals surface area contributed by atoms with Gasteiger partial charge in [0.1, 0.15) is 12.9 Å². The van der Waals surface area contributed by atoms with E-state index in [-0.39, 0.29) is 79.4 Å². The minimum Gasteiger partial charge on any atom is -0.481 e. The number of methoxy groups -OCH3 is 1. The van der Waals surface area contributed by atoms with Gasteiger partial charge in [0, 0.05) is 37.1 Å². The Morgan fingerprint density at radius 3 is 2.43 bits per heavy atom. The molecule has 14 nitrogen and oxygen atoms in total. The van der Waals surface area contributed by atoms with Gasteiger partial charge >= 0.3 is 5.97 Å². The molecule has 7 rings (SSSR count). The highest BCUT2D eigenvalue weighted by molar-refractivity contribution is 5.68. The molecule has 1 spiro atoms. The molecule has 0 aromatic carbocycles. The second-order valence-corrected chi connectivity index (χ2v) is 19.9. The predicted molar refractivity (Wildman–Crippen MR) is 215 cm³/mol. The number of piperidine rings is 2. The highest BCUT2D eigenvalue weighted by atomic mass is 16.6. The molecular weight excluding hydrogens is 746 g/mol. The summed E-state index contributed by atoms with van der Waals surface area (Å²) < 4.78 is 25.2. The molecule has 14 heteroatoms. The third kappa shape index (κ3) is 9.06. The Hall–Kier alpha value is -1.01. The molecule has 0 bridgehead atoms. The van der Waals surface area contributed by atoms with Gasteiger partial charge in [0.15, 0.2) is 0 Å². The first-order valence-corrected chi connectivity index (χ1v) is 23.1. The Morgan fingerprint density at radius 1 is 0.879 bits per heavy atom. The number of carboxylic acids is 1. The Bertz CT molecular complexity index is 1330. The van der Waals surface area contributed by atoms with Gasteiger partial charge in [0.05, 0.1) is 61.9 Å². The molecule has 3 aliphatic heterocycles. The fourth-order valence-electron chi connectivity index (χ4n) is 14.7. The van der Waals surface area contributed by atoms with Crippen LogP contribution in [0.3, 0.4) is 0 Å². The zero-order valence-electron chi connectivity index (χ0n) is 35.2. The van der Waals surface area contributed by atoms with Crippen molar-refractivity contribution in [3.05, 3.63) is 0 Å². The minimum absolute atomic E-state index is 0.0745. The van der Waals surface area contributed by atoms with Crippen molar-refractivity contribution < 1.29 is 54.4 Å². The number of nitrogens with two attached hydrogens (primary N) is 1. The van der Waals surface area contributed by atoms with Gasteiger partial charge in [-0.3, -0.25) is 4.79 Å². The summed E-state index contributed by atoms with van der Waals surface area (Å²) >= 11 is 0. The highest BCUT2D eigenvalue weighted by Gasteiger charge is 2.69. The summed E-state index contributed by atoms with van der Waals surface area (Å²) in [5.41, 5.74) is 5.90. The van der Waals surface area contributed by atoms with Crippen LogP contribution in [-0.2, 0) is 23.7 Å². The van der Waals surface area contributed by atoms with E-state index >= 15 is 0 Å². The molecular formula is C44H77N3O11. The number of aliphatic carboxylic acids is 1. The summed E-state index contributed by atoms with van der Waals surface area (Å²) in [6.45, 7) is 2.86. The molecule has 3 heterocycles. The first kappa shape index (κ1) is 45.0. The van der Waals surface area contributed by atoms with Gasteiger partial charge in [-0.25, -0.2) is 0 Å². The fourth-order valence-corrected chi connectivity index (χ4v) is 14.7. The number of aliphatic hydroxyl groups excluding tert-OH is 5. The van der Waals surface area contributed by atoms with Gasteiger partial charge in [-0.15, -0.1) is 0 Å². The summed E-state index contributed by atoms with van der Waals surface area (Å²) in [7, 11) is 1.61. The topological polar surface area (TPSA) is 225 Å². The molecule has 0 radical (unpaired) electrons. The molecule has 0 aromatic rings. The molecule has 58 heavy (non-hydrogen) atoms. The van der Waals surface area contributed by atoms with E-state index in [4.69, 9.17) is 24.7 Å². The lowest BCUT2D eigenvalue weighted by atomic mass is 9.40. The van der Waals surface area contributed by atoms with Crippen LogP contribution in [0.2, 0.25) is 0 Å². The average molecular weight is 824 g/mol. The second kappa shape index (κ2) is 19.6. The van der Waals surface area contributed by atoms with E-state index in [0.29, 0.717) is 56.3 Å². The standard InChI is InChI=1S/C44H77N3O11/c1-25-21-43-13-3-4-29(43)7-9-32(27-11-14-46-39(45)19-27)44(43,22-40(52)53)38(47-25)23-56-37-18-28(17-36(55-2)41(37)54)42-31(12-15-48)34(51)20-30(58-42)8-5-26-6-10-33(50)35(16-26)57-24-49/h25-39,41-42,46-51,54H,3-24,45H2,1-2H3,(H,52,53)/t25-,26?,27?,28?,29+,30+,31+,32?,33?,34+,35?,36?,37?,38+,39?,41?,42+,43-,44-/m1/s1. The molecule has 7 fully saturated rings. The van der Waals surface area contributed by atoms with Crippen molar-refractivity contribution in [2.75, 3.05) is 33.7 Å². The molecule has 334 valence electrons. The SMILES string of the molecule is COC1CC([C@@H]2O[C@@H](CCC3CCC(O)C(OCO)C3)C[C@H](O)[C@@H]2CCO)CC(OC[C@@H]2N[C@H](C)C[C@]34CCC[C@H]3CCC(C3CCNC(N)C3)[C@]24CC(=O)O)C1O. The maximum atomic E-state index is 13.2. The number of carboxylic acid groups (broad SMARTS) is 1. The largest absolute Gasteiger partial charge is 0.481 e. The van der Waals surface area contributed by atoms with Gasteiger partial charge in [-0.1, -0.05) is 6.42 Å². The van der Waals surface area contributed by atoms with Crippen LogP contribution in [0.15, 0.2) is 0 Å². The number of rotatable bonds is 15. The fraction of sp³-hybridized carbons (Fsp3) is 0.977. The lowest BCUT2D eigenvalue weighted by Crippen LogP contribution is -2.71. The third-order valence-electron chi connectivity index (χ3n) is 17.0. The van der Waals surface area contributed by atoms with Gasteiger partial charge in [-0.2, -0.15) is 0 Å². The average Bonchev–Trinajstić information content (AvgIpc) is 3.61. The number of hydrogen-bond acceptors (Lipinski definition) is 13. The number of aliphatic hydroxyl groups is 5. The highest BCUT2D eigenvalue weighted by Crippen LogP contribution is 2.71. The minimum atomic E-state index is -0.896. The van der Waals surface area contributed by atoms with Crippen molar-refractivity contribution >= 4 is 5.97 Å². The van der Waals surface area contributed by atoms with Crippen molar-refractivity contribution in [3.8, 4) is 0 Å². The van der Waals surface area contributed by atoms with Gasteiger partial charge in [0.2, 0.25) is 0 Å². The monoisotopic (exact) mass is 824 g/mol. The molecule has 0 aromatic heterocycles. The van der Waals surface area contributed by atoms with Gasteiger partial charge in [-0.05, 0) is 151 Å². The predicted octanol–water partition coefficient (Wildman–Crippen LogP) is 2.64. The molecule has 0 amide bonds. The van der Waals surface area contributed by atoms with Crippen molar-refractivity contribution in [2.24, 2.45) is 52.1 Å². The first-order chi connectivity index (χ1) is 27.9. The zero-order valence-corrected chi connectivity index (χ0v) is 35.2. The number of nitrogens with one attached hydrogen (secondary N) is 2. The lowest BCUT2D eigenvalue weighted by molar-refractivity contribution is -0.214. The van der Waals surface area contributed by atoms with Crippen LogP contribution in [0.4, 0.5) is 0 Å². The summed E-state index contributed by atoms with van der Waals surface area (Å²) in [6.07, 6.45) is 9.60. The number of carbonyl (C=O) groups is 1. The smallest absolute Gasteiger partial charge is 0.304 e. The van der Waals surface area contributed by atoms with E-state index in [1.165, 1.54) is 0 Å². The van der Waals surface area contributed by atoms with E-state index in [1.807, 2.05) is 0 Å². The Kier molecular flexibility index (Phi) is 15.2. The quantitative estimate of drug-likeness (QED) is 0.108. The molecule has 10 unspecified atom stereocenters. The second-order valence-electron chi connectivity index (χ2n) is 19.9. The Morgan fingerprint density at radius 2 is 1.69 bits per heavy atom. The van der Waals surface area contributed by atoms with Crippen LogP contribution < -0.4 is 16.4 Å². The molecule has 3 saturated heterocycles. The van der Waals surface area contributed by atoms with Crippen molar-refractivity contribution in [1.29, 1.82) is 0 Å². The summed E-state index contributed by atoms with van der Waals surface area (Å²) in [5, 5.41) is 71.3. The number of hydrogen-bond donors (Lipinski definition) is 9. The van der Waals surface area contributed by atoms with Crippen LogP contribution in [0, 0.1) is 46.3 Å². The van der Waals surface area contributed by atoms with Crippen molar-refractivity contribution in [1.82, 2.24) is 10.6 Å². The van der Waals surface area contributed by atoms with E-state index in [2.05, 4.69) is 17.6 Å². The van der Waals surface area contributed by atoms with Crippen molar-refractivity contribution in [2.45, 2.75) is 190 Å². The lowest BCUT2D eigenvalue weighted by Gasteiger charge is -2.67.